The van der Waals surface area contributed by atoms with E-state index in [1.807, 2.05) is 48.5 Å². The van der Waals surface area contributed by atoms with E-state index in [0.717, 1.165) is 42.6 Å². The molecule has 3 rings (SSSR count). The van der Waals surface area contributed by atoms with Gasteiger partial charge < -0.3 is 15.1 Å². The molecular weight excluding hydrogens is 310 g/mol. The zero-order valence-electron chi connectivity index (χ0n) is 13.0. The van der Waals surface area contributed by atoms with Crippen LogP contribution in [0.25, 0.3) is 0 Å². The molecule has 4 nitrogen and oxygen atoms in total. The second-order valence-electron chi connectivity index (χ2n) is 5.81. The Bertz CT molecular complexity index is 654. The van der Waals surface area contributed by atoms with Crippen molar-refractivity contribution in [2.45, 2.75) is 0 Å². The van der Waals surface area contributed by atoms with Crippen LogP contribution in [-0.4, -0.2) is 38.6 Å². The molecule has 0 saturated carbocycles. The lowest BCUT2D eigenvalue weighted by Gasteiger charge is -2.33. The number of piperazine rings is 1. The zero-order valence-corrected chi connectivity index (χ0v) is 13.7. The van der Waals surface area contributed by atoms with Crippen LogP contribution in [0.15, 0.2) is 54.6 Å². The summed E-state index contributed by atoms with van der Waals surface area (Å²) in [6, 6.07) is 17.5. The van der Waals surface area contributed by atoms with Crippen LogP contribution >= 0.6 is 11.6 Å². The van der Waals surface area contributed by atoms with E-state index in [1.165, 1.54) is 4.90 Å². The van der Waals surface area contributed by atoms with Gasteiger partial charge in [-0.3, -0.25) is 4.79 Å². The van der Waals surface area contributed by atoms with Crippen LogP contribution in [0.5, 0.6) is 0 Å². The van der Waals surface area contributed by atoms with Gasteiger partial charge in [-0.1, -0.05) is 35.9 Å². The highest BCUT2D eigenvalue weighted by Crippen LogP contribution is 2.19. The second kappa shape index (κ2) is 7.49. The number of rotatable bonds is 4. The molecule has 1 fully saturated rings. The normalized spacial score (nSPS) is 15.4. The summed E-state index contributed by atoms with van der Waals surface area (Å²) < 4.78 is 0. The fraction of sp³-hybridized carbons (Fsp3) is 0.278. The Morgan fingerprint density at radius 2 is 1.83 bits per heavy atom. The monoisotopic (exact) mass is 330 g/mol. The van der Waals surface area contributed by atoms with Crippen molar-refractivity contribution in [3.05, 3.63) is 59.6 Å². The first-order valence-corrected chi connectivity index (χ1v) is 8.27. The summed E-state index contributed by atoms with van der Waals surface area (Å²) in [5, 5.41) is 3.71. The Hall–Kier alpha value is -2.04. The van der Waals surface area contributed by atoms with Crippen LogP contribution in [0.4, 0.5) is 11.4 Å². The van der Waals surface area contributed by atoms with Gasteiger partial charge in [-0.15, -0.1) is 0 Å². The van der Waals surface area contributed by atoms with Crippen LogP contribution in [0.1, 0.15) is 0 Å². The summed E-state index contributed by atoms with van der Waals surface area (Å²) in [5.74, 6) is 0.0717. The molecular formula is C18H21ClN3O+. The van der Waals surface area contributed by atoms with Gasteiger partial charge >= 0.3 is 0 Å². The van der Waals surface area contributed by atoms with Crippen LogP contribution in [0.3, 0.4) is 0 Å². The van der Waals surface area contributed by atoms with Gasteiger partial charge in [0.1, 0.15) is 0 Å². The number of benzene rings is 2. The molecule has 2 N–H and O–H groups in total. The Morgan fingerprint density at radius 3 is 2.52 bits per heavy atom. The predicted molar refractivity (Wildman–Crippen MR) is 94.3 cm³/mol. The lowest BCUT2D eigenvalue weighted by atomic mass is 10.2. The molecule has 1 aliphatic rings. The van der Waals surface area contributed by atoms with Crippen molar-refractivity contribution in [3.8, 4) is 0 Å². The molecule has 0 aromatic heterocycles. The summed E-state index contributed by atoms with van der Waals surface area (Å²) in [7, 11) is 0. The van der Waals surface area contributed by atoms with E-state index in [2.05, 4.69) is 16.3 Å². The average Bonchev–Trinajstić information content (AvgIpc) is 2.56. The molecule has 0 bridgehead atoms. The maximum absolute atomic E-state index is 12.1. The number of nitrogens with one attached hydrogen (secondary N) is 2. The average molecular weight is 331 g/mol. The van der Waals surface area contributed by atoms with E-state index >= 15 is 0 Å². The number of hydrogen-bond donors (Lipinski definition) is 2. The van der Waals surface area contributed by atoms with Crippen molar-refractivity contribution in [1.82, 2.24) is 0 Å². The third-order valence-corrected chi connectivity index (χ3v) is 4.35. The van der Waals surface area contributed by atoms with E-state index in [0.29, 0.717) is 6.54 Å². The molecule has 0 spiro atoms. The van der Waals surface area contributed by atoms with Gasteiger partial charge in [0.2, 0.25) is 0 Å². The number of halogens is 1. The van der Waals surface area contributed by atoms with E-state index < -0.39 is 0 Å². The first-order chi connectivity index (χ1) is 11.2. The number of nitrogens with zero attached hydrogens (tertiary/aromatic N) is 1. The molecule has 0 radical (unpaired) electrons. The number of anilines is 2. The maximum atomic E-state index is 12.1. The molecule has 23 heavy (non-hydrogen) atoms. The van der Waals surface area contributed by atoms with Gasteiger partial charge in [0.25, 0.3) is 5.91 Å². The van der Waals surface area contributed by atoms with Gasteiger partial charge in [0.05, 0.1) is 26.2 Å². The topological polar surface area (TPSA) is 36.8 Å². The van der Waals surface area contributed by atoms with E-state index in [-0.39, 0.29) is 5.91 Å². The third-order valence-electron chi connectivity index (χ3n) is 4.11. The third kappa shape index (κ3) is 4.47. The first kappa shape index (κ1) is 15.8. The Balaban J connectivity index is 1.48. The van der Waals surface area contributed by atoms with Crippen LogP contribution in [0.2, 0.25) is 5.02 Å². The molecule has 0 unspecified atom stereocenters. The molecule has 0 aliphatic carbocycles. The van der Waals surface area contributed by atoms with Crippen molar-refractivity contribution < 1.29 is 9.69 Å². The molecule has 2 aromatic carbocycles. The number of carbonyl (C=O) groups is 1. The summed E-state index contributed by atoms with van der Waals surface area (Å²) in [4.78, 5) is 15.8. The van der Waals surface area contributed by atoms with E-state index in [1.54, 1.807) is 0 Å². The minimum atomic E-state index is 0.0717. The van der Waals surface area contributed by atoms with Crippen LogP contribution < -0.4 is 15.1 Å². The van der Waals surface area contributed by atoms with Crippen LogP contribution in [0, 0.1) is 0 Å². The number of hydrogen-bond acceptors (Lipinski definition) is 2. The van der Waals surface area contributed by atoms with Gasteiger partial charge in [-0.25, -0.2) is 0 Å². The highest BCUT2D eigenvalue weighted by Gasteiger charge is 2.22. The SMILES string of the molecule is O=C(C[NH+]1CCN(c2cccc(Cl)c2)CC1)Nc1ccccc1. The minimum absolute atomic E-state index is 0.0717. The largest absolute Gasteiger partial charge is 0.360 e. The summed E-state index contributed by atoms with van der Waals surface area (Å²) in [6.45, 7) is 4.30. The Labute approximate surface area is 141 Å². The van der Waals surface area contributed by atoms with Gasteiger partial charge in [0.15, 0.2) is 6.54 Å². The molecule has 2 aromatic rings. The van der Waals surface area contributed by atoms with Crippen molar-refractivity contribution in [2.75, 3.05) is 42.9 Å². The molecule has 0 atom stereocenters. The standard InChI is InChI=1S/C18H20ClN3O/c19-15-5-4-8-17(13-15)22-11-9-21(10-12-22)14-18(23)20-16-6-2-1-3-7-16/h1-8,13H,9-12,14H2,(H,20,23)/p+1. The second-order valence-corrected chi connectivity index (χ2v) is 6.24. The quantitative estimate of drug-likeness (QED) is 0.895. The Kier molecular flexibility index (Phi) is 5.16. The fourth-order valence-electron chi connectivity index (χ4n) is 2.88. The lowest BCUT2D eigenvalue weighted by molar-refractivity contribution is -0.892. The summed E-state index contributed by atoms with van der Waals surface area (Å²) in [5.41, 5.74) is 2.01. The molecule has 1 heterocycles. The zero-order chi connectivity index (χ0) is 16.1. The number of carbonyl (C=O) groups excluding carboxylic acids is 1. The number of amides is 1. The highest BCUT2D eigenvalue weighted by molar-refractivity contribution is 6.30. The molecule has 5 heteroatoms. The fourth-order valence-corrected chi connectivity index (χ4v) is 3.07. The van der Waals surface area contributed by atoms with E-state index in [4.69, 9.17) is 11.6 Å². The van der Waals surface area contributed by atoms with Crippen molar-refractivity contribution in [2.24, 2.45) is 0 Å². The number of para-hydroxylation sites is 1. The van der Waals surface area contributed by atoms with Crippen molar-refractivity contribution in [1.29, 1.82) is 0 Å². The summed E-state index contributed by atoms with van der Waals surface area (Å²) in [6.07, 6.45) is 0. The first-order valence-electron chi connectivity index (χ1n) is 7.90. The Morgan fingerprint density at radius 1 is 1.09 bits per heavy atom. The summed E-state index contributed by atoms with van der Waals surface area (Å²) >= 11 is 6.05. The number of quaternary nitrogens is 1. The van der Waals surface area contributed by atoms with Gasteiger partial charge in [0, 0.05) is 16.4 Å². The molecule has 1 aliphatic heterocycles. The maximum Gasteiger partial charge on any atom is 0.279 e. The lowest BCUT2D eigenvalue weighted by Crippen LogP contribution is -3.15. The van der Waals surface area contributed by atoms with Crippen molar-refractivity contribution >= 4 is 28.9 Å². The van der Waals surface area contributed by atoms with Crippen molar-refractivity contribution in [3.63, 3.8) is 0 Å². The predicted octanol–water partition coefficient (Wildman–Crippen LogP) is 1.68. The smallest absolute Gasteiger partial charge is 0.279 e. The molecule has 1 saturated heterocycles. The van der Waals surface area contributed by atoms with E-state index in [9.17, 15) is 4.79 Å². The van der Waals surface area contributed by atoms with Crippen LogP contribution in [-0.2, 0) is 4.79 Å². The molecule has 120 valence electrons. The highest BCUT2D eigenvalue weighted by atomic mass is 35.5. The minimum Gasteiger partial charge on any atom is -0.360 e. The van der Waals surface area contributed by atoms with Gasteiger partial charge in [-0.05, 0) is 30.3 Å². The molecule has 1 amide bonds. The van der Waals surface area contributed by atoms with Gasteiger partial charge in [-0.2, -0.15) is 0 Å².